The second kappa shape index (κ2) is 7.14. The minimum atomic E-state index is -0.657. The molecule has 2 aromatic heterocycles. The fourth-order valence-corrected chi connectivity index (χ4v) is 2.73. The maximum absolute atomic E-state index is 12.0. The van der Waals surface area contributed by atoms with Crippen molar-refractivity contribution in [3.63, 3.8) is 0 Å². The molecule has 0 atom stereocenters. The normalized spacial score (nSPS) is 10.5. The van der Waals surface area contributed by atoms with Crippen molar-refractivity contribution >= 4 is 17.2 Å². The van der Waals surface area contributed by atoms with Gasteiger partial charge in [-0.15, -0.1) is 16.4 Å². The van der Waals surface area contributed by atoms with E-state index in [1.165, 1.54) is 11.3 Å². The summed E-state index contributed by atoms with van der Waals surface area (Å²) in [6.07, 6.45) is 0. The van der Waals surface area contributed by atoms with Crippen molar-refractivity contribution in [1.82, 2.24) is 15.1 Å². The lowest BCUT2D eigenvalue weighted by Crippen LogP contribution is -2.31. The molecule has 0 unspecified atom stereocenters. The molecule has 1 amide bonds. The number of methoxy groups -OCH3 is 1. The Kier molecular flexibility index (Phi) is 4.76. The zero-order chi connectivity index (χ0) is 16.9. The lowest BCUT2D eigenvalue weighted by Gasteiger charge is -2.06. The van der Waals surface area contributed by atoms with Crippen LogP contribution in [0.2, 0.25) is 0 Å². The molecular formula is C16H15N3O4S. The first kappa shape index (κ1) is 16.0. The van der Waals surface area contributed by atoms with Gasteiger partial charge in [0, 0.05) is 6.54 Å². The molecule has 7 nitrogen and oxygen atoms in total. The Hall–Kier alpha value is -2.87. The predicted molar refractivity (Wildman–Crippen MR) is 88.9 cm³/mol. The fraction of sp³-hybridized carbons (Fsp3) is 0.188. The third-order valence-corrected chi connectivity index (χ3v) is 4.11. The van der Waals surface area contributed by atoms with Gasteiger partial charge in [0.2, 0.25) is 5.91 Å². The molecule has 0 aliphatic heterocycles. The fourth-order valence-electron chi connectivity index (χ4n) is 2.08. The van der Waals surface area contributed by atoms with Crippen molar-refractivity contribution in [3.8, 4) is 16.5 Å². The summed E-state index contributed by atoms with van der Waals surface area (Å²) in [5, 5.41) is 8.63. The number of thiophene rings is 1. The van der Waals surface area contributed by atoms with Gasteiger partial charge in [0.05, 0.1) is 12.0 Å². The number of hydrogen-bond acceptors (Lipinski definition) is 6. The lowest BCUT2D eigenvalue weighted by molar-refractivity contribution is -0.122. The van der Waals surface area contributed by atoms with Gasteiger partial charge in [-0.1, -0.05) is 18.2 Å². The second-order valence-corrected chi connectivity index (χ2v) is 5.88. The first-order valence-corrected chi connectivity index (χ1v) is 8.05. The number of nitrogens with one attached hydrogen (secondary N) is 1. The van der Waals surface area contributed by atoms with Gasteiger partial charge in [0.15, 0.2) is 0 Å². The summed E-state index contributed by atoms with van der Waals surface area (Å²) < 4.78 is 11.2. The molecule has 3 rings (SSSR count). The quantitative estimate of drug-likeness (QED) is 0.737. The molecule has 124 valence electrons. The minimum Gasteiger partial charge on any atom is -0.497 e. The molecule has 0 bridgehead atoms. The molecule has 0 fully saturated rings. The third kappa shape index (κ3) is 3.72. The molecule has 24 heavy (non-hydrogen) atoms. The number of aromatic nitrogens is 2. The number of ether oxygens (including phenoxy) is 1. The van der Waals surface area contributed by atoms with Crippen LogP contribution in [0.4, 0.5) is 0 Å². The van der Waals surface area contributed by atoms with E-state index in [9.17, 15) is 9.59 Å². The Bertz CT molecular complexity index is 883. The largest absolute Gasteiger partial charge is 0.497 e. The van der Waals surface area contributed by atoms with E-state index in [0.29, 0.717) is 6.54 Å². The average Bonchev–Trinajstić information content (AvgIpc) is 3.24. The summed E-state index contributed by atoms with van der Waals surface area (Å²) in [5.74, 6) is -0.0495. The van der Waals surface area contributed by atoms with Crippen LogP contribution in [-0.2, 0) is 17.9 Å². The zero-order valence-electron chi connectivity index (χ0n) is 12.9. The van der Waals surface area contributed by atoms with Crippen LogP contribution in [0.25, 0.3) is 10.8 Å². The molecule has 8 heteroatoms. The van der Waals surface area contributed by atoms with Crippen LogP contribution in [0.3, 0.4) is 0 Å². The van der Waals surface area contributed by atoms with Crippen molar-refractivity contribution in [1.29, 1.82) is 0 Å². The highest BCUT2D eigenvalue weighted by molar-refractivity contribution is 7.13. The zero-order valence-corrected chi connectivity index (χ0v) is 13.7. The average molecular weight is 345 g/mol. The van der Waals surface area contributed by atoms with E-state index in [2.05, 4.69) is 10.4 Å². The molecule has 1 aromatic carbocycles. The van der Waals surface area contributed by atoms with Gasteiger partial charge in [-0.2, -0.15) is 4.68 Å². The van der Waals surface area contributed by atoms with Gasteiger partial charge in [0.25, 0.3) is 5.89 Å². The van der Waals surface area contributed by atoms with Crippen LogP contribution in [0.1, 0.15) is 5.56 Å². The summed E-state index contributed by atoms with van der Waals surface area (Å²) in [7, 11) is 1.58. The van der Waals surface area contributed by atoms with Crippen LogP contribution in [0.5, 0.6) is 5.75 Å². The molecule has 0 saturated heterocycles. The molecule has 0 spiro atoms. The third-order valence-electron chi connectivity index (χ3n) is 3.26. The maximum Gasteiger partial charge on any atom is 0.437 e. The Morgan fingerprint density at radius 1 is 1.38 bits per heavy atom. The summed E-state index contributed by atoms with van der Waals surface area (Å²) in [5.41, 5.74) is 0.898. The van der Waals surface area contributed by atoms with Gasteiger partial charge in [0.1, 0.15) is 12.3 Å². The Labute approximate surface area is 141 Å². The van der Waals surface area contributed by atoms with E-state index in [0.717, 1.165) is 20.9 Å². The molecular weight excluding hydrogens is 330 g/mol. The van der Waals surface area contributed by atoms with Crippen molar-refractivity contribution < 1.29 is 13.9 Å². The predicted octanol–water partition coefficient (Wildman–Crippen LogP) is 1.89. The van der Waals surface area contributed by atoms with E-state index < -0.39 is 5.76 Å². The van der Waals surface area contributed by atoms with Crippen LogP contribution < -0.4 is 15.8 Å². The molecule has 1 N–H and O–H groups in total. The number of amides is 1. The second-order valence-electron chi connectivity index (χ2n) is 4.94. The van der Waals surface area contributed by atoms with E-state index >= 15 is 0 Å². The standard InChI is InChI=1S/C16H15N3O4S/c1-22-12-5-2-4-11(8-12)9-17-14(20)10-19-16(21)23-15(18-19)13-6-3-7-24-13/h2-8H,9-10H2,1H3,(H,17,20). The van der Waals surface area contributed by atoms with Crippen LogP contribution in [0, 0.1) is 0 Å². The van der Waals surface area contributed by atoms with E-state index in [-0.39, 0.29) is 18.3 Å². The van der Waals surface area contributed by atoms with E-state index in [1.807, 2.05) is 35.7 Å². The van der Waals surface area contributed by atoms with Crippen molar-refractivity contribution in [2.24, 2.45) is 0 Å². The summed E-state index contributed by atoms with van der Waals surface area (Å²) >= 11 is 1.41. The number of rotatable bonds is 6. The van der Waals surface area contributed by atoms with Crippen LogP contribution in [-0.4, -0.2) is 22.8 Å². The van der Waals surface area contributed by atoms with E-state index in [1.54, 1.807) is 13.2 Å². The smallest absolute Gasteiger partial charge is 0.437 e. The number of nitrogens with zero attached hydrogens (tertiary/aromatic N) is 2. The van der Waals surface area contributed by atoms with Gasteiger partial charge < -0.3 is 14.5 Å². The molecule has 0 aliphatic rings. The topological polar surface area (TPSA) is 86.4 Å². The molecule has 0 aliphatic carbocycles. The monoisotopic (exact) mass is 345 g/mol. The van der Waals surface area contributed by atoms with Gasteiger partial charge in [-0.3, -0.25) is 4.79 Å². The van der Waals surface area contributed by atoms with Crippen LogP contribution >= 0.6 is 11.3 Å². The van der Waals surface area contributed by atoms with Gasteiger partial charge in [-0.25, -0.2) is 4.79 Å². The summed E-state index contributed by atoms with van der Waals surface area (Å²) in [6.45, 7) is 0.137. The molecule has 0 saturated carbocycles. The SMILES string of the molecule is COc1cccc(CNC(=O)Cn2nc(-c3cccs3)oc2=O)c1. The number of benzene rings is 1. The highest BCUT2D eigenvalue weighted by Gasteiger charge is 2.13. The summed E-state index contributed by atoms with van der Waals surface area (Å²) in [4.78, 5) is 24.5. The van der Waals surface area contributed by atoms with E-state index in [4.69, 9.17) is 9.15 Å². The highest BCUT2D eigenvalue weighted by Crippen LogP contribution is 2.20. The number of carbonyl (C=O) groups is 1. The molecule has 0 radical (unpaired) electrons. The van der Waals surface area contributed by atoms with Gasteiger partial charge in [-0.05, 0) is 29.1 Å². The first-order valence-electron chi connectivity index (χ1n) is 7.17. The number of carbonyl (C=O) groups excluding carboxylic acids is 1. The van der Waals surface area contributed by atoms with Crippen LogP contribution in [0.15, 0.2) is 51.0 Å². The molecule has 3 aromatic rings. The highest BCUT2D eigenvalue weighted by atomic mass is 32.1. The minimum absolute atomic E-state index is 0.197. The van der Waals surface area contributed by atoms with Gasteiger partial charge >= 0.3 is 5.76 Å². The maximum atomic E-state index is 12.0. The Morgan fingerprint density at radius 3 is 3.00 bits per heavy atom. The molecule has 2 heterocycles. The summed E-state index contributed by atoms with van der Waals surface area (Å²) in [6, 6.07) is 11.0. The van der Waals surface area contributed by atoms with Crippen molar-refractivity contribution in [3.05, 3.63) is 57.9 Å². The Balaban J connectivity index is 1.62. The first-order chi connectivity index (χ1) is 11.7. The van der Waals surface area contributed by atoms with Crippen molar-refractivity contribution in [2.45, 2.75) is 13.1 Å². The Morgan fingerprint density at radius 2 is 2.25 bits per heavy atom. The number of hydrogen-bond donors (Lipinski definition) is 1. The lowest BCUT2D eigenvalue weighted by atomic mass is 10.2. The van der Waals surface area contributed by atoms with Crippen molar-refractivity contribution in [2.75, 3.05) is 7.11 Å².